The van der Waals surface area contributed by atoms with Crippen LogP contribution in [0.2, 0.25) is 0 Å². The van der Waals surface area contributed by atoms with E-state index in [4.69, 9.17) is 10.6 Å². The van der Waals surface area contributed by atoms with E-state index in [-0.39, 0.29) is 12.1 Å². The number of ether oxygens (including phenoxy) is 1. The van der Waals surface area contributed by atoms with E-state index in [1.807, 2.05) is 16.8 Å². The molecule has 114 valence electrons. The van der Waals surface area contributed by atoms with Crippen molar-refractivity contribution >= 4 is 11.8 Å². The number of rotatable bonds is 6. The Morgan fingerprint density at radius 2 is 2.05 bits per heavy atom. The van der Waals surface area contributed by atoms with E-state index in [0.29, 0.717) is 0 Å². The highest BCUT2D eigenvalue weighted by molar-refractivity contribution is 7.98. The van der Waals surface area contributed by atoms with Gasteiger partial charge in [-0.1, -0.05) is 18.2 Å². The normalized spacial score (nSPS) is 12.7. The van der Waals surface area contributed by atoms with Gasteiger partial charge in [-0.05, 0) is 31.7 Å². The van der Waals surface area contributed by atoms with Crippen LogP contribution in [0.3, 0.4) is 0 Å². The molecule has 0 aliphatic carbocycles. The molecule has 0 saturated heterocycles. The highest BCUT2D eigenvalue weighted by Gasteiger charge is 2.25. The monoisotopic (exact) mass is 306 g/mol. The van der Waals surface area contributed by atoms with Gasteiger partial charge in [-0.15, -0.1) is 11.8 Å². The first-order valence-corrected chi connectivity index (χ1v) is 8.06. The molecule has 5 nitrogen and oxygen atoms in total. The van der Waals surface area contributed by atoms with E-state index < -0.39 is 0 Å². The average molecular weight is 306 g/mol. The summed E-state index contributed by atoms with van der Waals surface area (Å²) in [7, 11) is 1.65. The lowest BCUT2D eigenvalue weighted by Gasteiger charge is -2.22. The maximum Gasteiger partial charge on any atom is 0.161 e. The second-order valence-corrected chi connectivity index (χ2v) is 5.83. The fourth-order valence-corrected chi connectivity index (χ4v) is 3.06. The molecule has 0 amide bonds. The Morgan fingerprint density at radius 1 is 1.33 bits per heavy atom. The molecule has 21 heavy (non-hydrogen) atoms. The number of nitrogens with zero attached hydrogens (tertiary/aromatic N) is 2. The van der Waals surface area contributed by atoms with Crippen LogP contribution in [0.15, 0.2) is 35.4 Å². The Labute approximate surface area is 129 Å². The third-order valence-corrected chi connectivity index (χ3v) is 4.21. The third-order valence-electron chi connectivity index (χ3n) is 3.40. The zero-order chi connectivity index (χ0) is 15.4. The number of hydrogen-bond acceptors (Lipinski definition) is 5. The molecule has 0 aliphatic heterocycles. The Morgan fingerprint density at radius 3 is 2.62 bits per heavy atom. The summed E-state index contributed by atoms with van der Waals surface area (Å²) < 4.78 is 7.41. The minimum absolute atomic E-state index is 0.173. The first-order chi connectivity index (χ1) is 10.1. The zero-order valence-electron chi connectivity index (χ0n) is 12.8. The van der Waals surface area contributed by atoms with Crippen LogP contribution in [0, 0.1) is 0 Å². The Balaban J connectivity index is 2.58. The van der Waals surface area contributed by atoms with Crippen molar-refractivity contribution in [2.24, 2.45) is 5.84 Å². The molecule has 2 rings (SSSR count). The van der Waals surface area contributed by atoms with Gasteiger partial charge in [0.25, 0.3) is 0 Å². The van der Waals surface area contributed by atoms with Gasteiger partial charge in [-0.25, -0.2) is 5.43 Å². The van der Waals surface area contributed by atoms with Crippen LogP contribution in [0.5, 0.6) is 5.75 Å². The molecule has 0 bridgehead atoms. The quantitative estimate of drug-likeness (QED) is 0.488. The molecule has 0 fully saturated rings. The zero-order valence-corrected chi connectivity index (χ0v) is 13.6. The number of methoxy groups -OCH3 is 1. The molecule has 0 radical (unpaired) electrons. The van der Waals surface area contributed by atoms with Crippen molar-refractivity contribution in [3.8, 4) is 5.75 Å². The standard InChI is InChI=1S/C15H22N4OS/c1-10(2)19-15(12(20-3)9-17-19)14(18-16)11-7-5-6-8-13(11)21-4/h5-10,14,18H,16H2,1-4H3. The van der Waals surface area contributed by atoms with Crippen LogP contribution < -0.4 is 16.0 Å². The topological polar surface area (TPSA) is 65.1 Å². The second-order valence-electron chi connectivity index (χ2n) is 4.98. The van der Waals surface area contributed by atoms with Crippen molar-refractivity contribution in [1.82, 2.24) is 15.2 Å². The van der Waals surface area contributed by atoms with Gasteiger partial charge in [0.2, 0.25) is 0 Å². The summed E-state index contributed by atoms with van der Waals surface area (Å²) >= 11 is 1.70. The molecule has 1 aromatic carbocycles. The SMILES string of the molecule is COc1cnn(C(C)C)c1C(NN)c1ccccc1SC. The molecule has 2 aromatic rings. The lowest BCUT2D eigenvalue weighted by Crippen LogP contribution is -2.31. The number of nitrogens with two attached hydrogens (primary N) is 1. The lowest BCUT2D eigenvalue weighted by atomic mass is 10.0. The maximum absolute atomic E-state index is 5.86. The van der Waals surface area contributed by atoms with Gasteiger partial charge in [0.05, 0.1) is 19.3 Å². The van der Waals surface area contributed by atoms with Crippen LogP contribution >= 0.6 is 11.8 Å². The first kappa shape index (κ1) is 15.9. The smallest absolute Gasteiger partial charge is 0.161 e. The van der Waals surface area contributed by atoms with E-state index in [9.17, 15) is 0 Å². The van der Waals surface area contributed by atoms with Crippen LogP contribution in [0.4, 0.5) is 0 Å². The minimum atomic E-state index is -0.173. The third kappa shape index (κ3) is 3.07. The van der Waals surface area contributed by atoms with Gasteiger partial charge in [0.15, 0.2) is 5.75 Å². The van der Waals surface area contributed by atoms with Gasteiger partial charge >= 0.3 is 0 Å². The molecule has 6 heteroatoms. The number of thioether (sulfide) groups is 1. The minimum Gasteiger partial charge on any atom is -0.493 e. The predicted molar refractivity (Wildman–Crippen MR) is 86.6 cm³/mol. The molecule has 1 heterocycles. The first-order valence-electron chi connectivity index (χ1n) is 6.84. The molecule has 0 saturated carbocycles. The number of hydrazine groups is 1. The summed E-state index contributed by atoms with van der Waals surface area (Å²) in [5, 5.41) is 4.43. The van der Waals surface area contributed by atoms with Gasteiger partial charge in [-0.2, -0.15) is 5.10 Å². The summed E-state index contributed by atoms with van der Waals surface area (Å²) in [6.07, 6.45) is 3.80. The summed E-state index contributed by atoms with van der Waals surface area (Å²) in [4.78, 5) is 1.18. The average Bonchev–Trinajstić information content (AvgIpc) is 2.92. The van der Waals surface area contributed by atoms with E-state index in [1.165, 1.54) is 4.90 Å². The molecule has 3 N–H and O–H groups in total. The number of nitrogens with one attached hydrogen (secondary N) is 1. The second kappa shape index (κ2) is 6.98. The van der Waals surface area contributed by atoms with E-state index >= 15 is 0 Å². The fraction of sp³-hybridized carbons (Fsp3) is 0.400. The molecular formula is C15H22N4OS. The van der Waals surface area contributed by atoms with Crippen LogP contribution in [-0.2, 0) is 0 Å². The summed E-state index contributed by atoms with van der Waals surface area (Å²) in [5.41, 5.74) is 4.97. The number of hydrogen-bond donors (Lipinski definition) is 2. The lowest BCUT2D eigenvalue weighted by molar-refractivity contribution is 0.393. The molecule has 0 aliphatic rings. The van der Waals surface area contributed by atoms with E-state index in [2.05, 4.69) is 42.8 Å². The predicted octanol–water partition coefficient (Wildman–Crippen LogP) is 2.75. The van der Waals surface area contributed by atoms with Gasteiger partial charge in [0, 0.05) is 10.9 Å². The fourth-order valence-electron chi connectivity index (χ4n) is 2.42. The van der Waals surface area contributed by atoms with Crippen molar-refractivity contribution in [3.05, 3.63) is 41.7 Å². The van der Waals surface area contributed by atoms with Gasteiger partial charge in [0.1, 0.15) is 5.69 Å². The number of benzene rings is 1. The van der Waals surface area contributed by atoms with Crippen LogP contribution in [0.1, 0.15) is 37.2 Å². The van der Waals surface area contributed by atoms with Crippen molar-refractivity contribution in [2.45, 2.75) is 30.8 Å². The van der Waals surface area contributed by atoms with Crippen molar-refractivity contribution < 1.29 is 4.74 Å². The summed E-state index contributed by atoms with van der Waals surface area (Å²) in [6, 6.07) is 8.26. The van der Waals surface area contributed by atoms with Crippen molar-refractivity contribution in [1.29, 1.82) is 0 Å². The largest absolute Gasteiger partial charge is 0.493 e. The molecule has 1 aromatic heterocycles. The Kier molecular flexibility index (Phi) is 5.27. The van der Waals surface area contributed by atoms with Crippen LogP contribution in [0.25, 0.3) is 0 Å². The Hall–Kier alpha value is -1.50. The summed E-state index contributed by atoms with van der Waals surface area (Å²) in [6.45, 7) is 4.17. The van der Waals surface area contributed by atoms with Crippen LogP contribution in [-0.4, -0.2) is 23.1 Å². The summed E-state index contributed by atoms with van der Waals surface area (Å²) in [5.74, 6) is 6.59. The molecule has 1 unspecified atom stereocenters. The van der Waals surface area contributed by atoms with Gasteiger partial charge < -0.3 is 4.74 Å². The molecule has 0 spiro atoms. The number of aromatic nitrogens is 2. The van der Waals surface area contributed by atoms with E-state index in [1.54, 1.807) is 25.1 Å². The highest BCUT2D eigenvalue weighted by Crippen LogP contribution is 2.35. The van der Waals surface area contributed by atoms with Gasteiger partial charge in [-0.3, -0.25) is 10.5 Å². The van der Waals surface area contributed by atoms with Crippen molar-refractivity contribution in [3.63, 3.8) is 0 Å². The van der Waals surface area contributed by atoms with Crippen molar-refractivity contribution in [2.75, 3.05) is 13.4 Å². The van der Waals surface area contributed by atoms with E-state index in [0.717, 1.165) is 17.0 Å². The highest BCUT2D eigenvalue weighted by atomic mass is 32.2. The maximum atomic E-state index is 5.86. The molecule has 1 atom stereocenters. The molecular weight excluding hydrogens is 284 g/mol. The Bertz CT molecular complexity index is 597.